The normalized spacial score (nSPS) is 25.4. The zero-order valence-corrected chi connectivity index (χ0v) is 15.1. The molecule has 2 N–H and O–H groups in total. The summed E-state index contributed by atoms with van der Waals surface area (Å²) in [5.41, 5.74) is 1.63. The summed E-state index contributed by atoms with van der Waals surface area (Å²) in [6, 6.07) is 7.88. The summed E-state index contributed by atoms with van der Waals surface area (Å²) in [5.74, 6) is -0.210. The molecule has 140 valence electrons. The monoisotopic (exact) mass is 357 g/mol. The van der Waals surface area contributed by atoms with E-state index in [4.69, 9.17) is 4.74 Å². The molecule has 1 aromatic carbocycles. The fourth-order valence-corrected chi connectivity index (χ4v) is 4.35. The third-order valence-electron chi connectivity index (χ3n) is 5.89. The quantitative estimate of drug-likeness (QED) is 0.850. The first kappa shape index (κ1) is 17.5. The first-order valence-electron chi connectivity index (χ1n) is 9.71. The molecule has 2 fully saturated rings. The fourth-order valence-electron chi connectivity index (χ4n) is 4.35. The number of nitrogens with zero attached hydrogens (tertiary/aromatic N) is 1. The molecule has 0 bridgehead atoms. The van der Waals surface area contributed by atoms with E-state index >= 15 is 0 Å². The van der Waals surface area contributed by atoms with Crippen molar-refractivity contribution in [2.75, 3.05) is 26.3 Å². The molecule has 0 unspecified atom stereocenters. The van der Waals surface area contributed by atoms with Crippen LogP contribution in [-0.4, -0.2) is 61.1 Å². The summed E-state index contributed by atoms with van der Waals surface area (Å²) in [5, 5.41) is 6.01. The number of piperidine rings is 1. The molecule has 4 rings (SSSR count). The molecule has 0 aromatic heterocycles. The van der Waals surface area contributed by atoms with Crippen LogP contribution in [0.3, 0.4) is 0 Å². The summed E-state index contributed by atoms with van der Waals surface area (Å²) in [4.78, 5) is 27.4. The van der Waals surface area contributed by atoms with E-state index in [0.717, 1.165) is 57.6 Å². The van der Waals surface area contributed by atoms with Gasteiger partial charge in [-0.3, -0.25) is 9.59 Å². The summed E-state index contributed by atoms with van der Waals surface area (Å²) in [6.07, 6.45) is 4.74. The minimum Gasteiger partial charge on any atom is -0.381 e. The third kappa shape index (κ3) is 3.76. The highest BCUT2D eigenvalue weighted by Crippen LogP contribution is 2.21. The molecule has 1 aromatic rings. The van der Waals surface area contributed by atoms with Crippen LogP contribution in [0.5, 0.6) is 0 Å². The summed E-state index contributed by atoms with van der Waals surface area (Å²) >= 11 is 0. The number of rotatable bonds is 3. The Balaban J connectivity index is 1.29. The molecule has 2 saturated heterocycles. The van der Waals surface area contributed by atoms with E-state index in [9.17, 15) is 9.59 Å². The molecular weight excluding hydrogens is 330 g/mol. The molecule has 3 heterocycles. The molecule has 2 amide bonds. The maximum absolute atomic E-state index is 12.6. The van der Waals surface area contributed by atoms with Gasteiger partial charge in [0.25, 0.3) is 5.91 Å². The van der Waals surface area contributed by atoms with Gasteiger partial charge in [0, 0.05) is 50.4 Å². The molecule has 3 aliphatic heterocycles. The van der Waals surface area contributed by atoms with E-state index in [0.29, 0.717) is 18.0 Å². The van der Waals surface area contributed by atoms with E-state index < -0.39 is 6.04 Å². The van der Waals surface area contributed by atoms with Gasteiger partial charge >= 0.3 is 0 Å². The highest BCUT2D eigenvalue weighted by molar-refractivity contribution is 6.00. The Hall–Kier alpha value is -1.92. The number of ether oxygens (including phenoxy) is 1. The van der Waals surface area contributed by atoms with Crippen molar-refractivity contribution >= 4 is 11.8 Å². The van der Waals surface area contributed by atoms with E-state index in [-0.39, 0.29) is 17.9 Å². The summed E-state index contributed by atoms with van der Waals surface area (Å²) < 4.78 is 5.45. The SMILES string of the molecule is O=C1N[C@@H](C(=O)NC2CCN(C3CCOCC3)CC2)Cc2ccccc21. The predicted octanol–water partition coefficient (Wildman–Crippen LogP) is 1.10. The molecule has 1 atom stereocenters. The molecule has 6 nitrogen and oxygen atoms in total. The van der Waals surface area contributed by atoms with Gasteiger partial charge in [-0.05, 0) is 37.3 Å². The molecular formula is C20H27N3O3. The maximum Gasteiger partial charge on any atom is 0.252 e. The second kappa shape index (κ2) is 7.76. The zero-order valence-electron chi connectivity index (χ0n) is 15.1. The number of likely N-dealkylation sites (tertiary alicyclic amines) is 1. The first-order chi connectivity index (χ1) is 12.7. The van der Waals surface area contributed by atoms with Crippen molar-refractivity contribution < 1.29 is 14.3 Å². The number of carbonyl (C=O) groups is 2. The number of hydrogen-bond acceptors (Lipinski definition) is 4. The van der Waals surface area contributed by atoms with Crippen LogP contribution in [-0.2, 0) is 16.0 Å². The van der Waals surface area contributed by atoms with E-state index in [1.165, 1.54) is 0 Å². The van der Waals surface area contributed by atoms with Crippen LogP contribution in [0, 0.1) is 0 Å². The summed E-state index contributed by atoms with van der Waals surface area (Å²) in [6.45, 7) is 3.78. The molecule has 3 aliphatic rings. The van der Waals surface area contributed by atoms with E-state index in [1.54, 1.807) is 0 Å². The highest BCUT2D eigenvalue weighted by atomic mass is 16.5. The van der Waals surface area contributed by atoms with Crippen LogP contribution in [0.4, 0.5) is 0 Å². The highest BCUT2D eigenvalue weighted by Gasteiger charge is 2.31. The van der Waals surface area contributed by atoms with Gasteiger partial charge in [0.05, 0.1) is 0 Å². The number of amides is 2. The van der Waals surface area contributed by atoms with Gasteiger partial charge in [0.2, 0.25) is 5.91 Å². The molecule has 0 radical (unpaired) electrons. The second-order valence-electron chi connectivity index (χ2n) is 7.55. The third-order valence-corrected chi connectivity index (χ3v) is 5.89. The molecule has 6 heteroatoms. The van der Waals surface area contributed by atoms with Gasteiger partial charge in [-0.1, -0.05) is 18.2 Å². The van der Waals surface area contributed by atoms with Gasteiger partial charge < -0.3 is 20.3 Å². The van der Waals surface area contributed by atoms with Crippen molar-refractivity contribution in [2.45, 2.75) is 50.2 Å². The average molecular weight is 357 g/mol. The molecule has 0 aliphatic carbocycles. The Morgan fingerprint density at radius 1 is 1.12 bits per heavy atom. The van der Waals surface area contributed by atoms with Crippen LogP contribution >= 0.6 is 0 Å². The molecule has 0 spiro atoms. The van der Waals surface area contributed by atoms with Crippen molar-refractivity contribution in [3.8, 4) is 0 Å². The first-order valence-corrected chi connectivity index (χ1v) is 9.71. The Morgan fingerprint density at radius 2 is 1.85 bits per heavy atom. The fraction of sp³-hybridized carbons (Fsp3) is 0.600. The lowest BCUT2D eigenvalue weighted by molar-refractivity contribution is -0.124. The maximum atomic E-state index is 12.6. The van der Waals surface area contributed by atoms with E-state index in [2.05, 4.69) is 15.5 Å². The Morgan fingerprint density at radius 3 is 2.62 bits per heavy atom. The predicted molar refractivity (Wildman–Crippen MR) is 98.0 cm³/mol. The number of nitrogens with one attached hydrogen (secondary N) is 2. The van der Waals surface area contributed by atoms with Crippen molar-refractivity contribution in [3.05, 3.63) is 35.4 Å². The lowest BCUT2D eigenvalue weighted by atomic mass is 9.94. The van der Waals surface area contributed by atoms with E-state index in [1.807, 2.05) is 24.3 Å². The number of fused-ring (bicyclic) bond motifs is 1. The van der Waals surface area contributed by atoms with Crippen LogP contribution in [0.15, 0.2) is 24.3 Å². The van der Waals surface area contributed by atoms with Crippen molar-refractivity contribution in [2.24, 2.45) is 0 Å². The number of hydrogen-bond donors (Lipinski definition) is 2. The number of carbonyl (C=O) groups excluding carboxylic acids is 2. The van der Waals surface area contributed by atoms with Crippen molar-refractivity contribution in [1.82, 2.24) is 15.5 Å². The second-order valence-corrected chi connectivity index (χ2v) is 7.55. The van der Waals surface area contributed by atoms with Crippen LogP contribution in [0.25, 0.3) is 0 Å². The average Bonchev–Trinajstić information content (AvgIpc) is 2.69. The minimum absolute atomic E-state index is 0.0580. The van der Waals surface area contributed by atoms with Crippen LogP contribution in [0.2, 0.25) is 0 Å². The van der Waals surface area contributed by atoms with Gasteiger partial charge in [-0.15, -0.1) is 0 Å². The Labute approximate surface area is 154 Å². The topological polar surface area (TPSA) is 70.7 Å². The smallest absolute Gasteiger partial charge is 0.252 e. The van der Waals surface area contributed by atoms with Crippen LogP contribution in [0.1, 0.15) is 41.6 Å². The van der Waals surface area contributed by atoms with Gasteiger partial charge in [0.15, 0.2) is 0 Å². The van der Waals surface area contributed by atoms with Crippen LogP contribution < -0.4 is 10.6 Å². The molecule has 0 saturated carbocycles. The number of benzene rings is 1. The Kier molecular flexibility index (Phi) is 5.22. The lowest BCUT2D eigenvalue weighted by Crippen LogP contribution is -2.55. The Bertz CT molecular complexity index is 664. The minimum atomic E-state index is -0.467. The van der Waals surface area contributed by atoms with Crippen molar-refractivity contribution in [1.29, 1.82) is 0 Å². The van der Waals surface area contributed by atoms with Crippen molar-refractivity contribution in [3.63, 3.8) is 0 Å². The molecule has 26 heavy (non-hydrogen) atoms. The lowest BCUT2D eigenvalue weighted by Gasteiger charge is -2.39. The van der Waals surface area contributed by atoms with Gasteiger partial charge in [-0.2, -0.15) is 0 Å². The summed E-state index contributed by atoms with van der Waals surface area (Å²) in [7, 11) is 0. The zero-order chi connectivity index (χ0) is 17.9. The van der Waals surface area contributed by atoms with Gasteiger partial charge in [-0.25, -0.2) is 0 Å². The largest absolute Gasteiger partial charge is 0.381 e. The van der Waals surface area contributed by atoms with Gasteiger partial charge in [0.1, 0.15) is 6.04 Å². The standard InChI is InChI=1S/C20H27N3O3/c24-19-17-4-2-1-3-14(17)13-18(22-19)20(25)21-15-5-9-23(10-6-15)16-7-11-26-12-8-16/h1-4,15-16,18H,5-13H2,(H,21,25)(H,22,24)/t18-/m1/s1.